The first-order chi connectivity index (χ1) is 10.8. The molecule has 0 fully saturated rings. The van der Waals surface area contributed by atoms with Crippen LogP contribution in [-0.2, 0) is 6.54 Å². The summed E-state index contributed by atoms with van der Waals surface area (Å²) in [6.07, 6.45) is 0. The molecule has 0 saturated carbocycles. The van der Waals surface area contributed by atoms with Crippen molar-refractivity contribution < 1.29 is 4.42 Å². The summed E-state index contributed by atoms with van der Waals surface area (Å²) in [6.45, 7) is 2.70. The van der Waals surface area contributed by atoms with E-state index in [4.69, 9.17) is 9.52 Å². The normalized spacial score (nSPS) is 11.1. The molecular formula is C19H16N2O. The van der Waals surface area contributed by atoms with E-state index in [1.807, 2.05) is 41.9 Å². The van der Waals surface area contributed by atoms with Crippen molar-refractivity contribution in [1.29, 1.82) is 0 Å². The lowest BCUT2D eigenvalue weighted by molar-refractivity contribution is 0.544. The molecule has 2 heterocycles. The molecule has 0 N–H and O–H groups in total. The number of rotatable bonds is 3. The van der Waals surface area contributed by atoms with E-state index in [0.717, 1.165) is 34.7 Å². The maximum absolute atomic E-state index is 5.77. The lowest BCUT2D eigenvalue weighted by Crippen LogP contribution is -2.01. The van der Waals surface area contributed by atoms with Crippen molar-refractivity contribution in [3.05, 3.63) is 78.1 Å². The summed E-state index contributed by atoms with van der Waals surface area (Å²) >= 11 is 0. The van der Waals surface area contributed by atoms with E-state index in [2.05, 4.69) is 36.4 Å². The number of aromatic nitrogens is 2. The van der Waals surface area contributed by atoms with Gasteiger partial charge >= 0.3 is 0 Å². The Bertz CT molecular complexity index is 919. The highest BCUT2D eigenvalue weighted by Crippen LogP contribution is 2.29. The van der Waals surface area contributed by atoms with Crippen molar-refractivity contribution in [2.75, 3.05) is 0 Å². The summed E-state index contributed by atoms with van der Waals surface area (Å²) in [4.78, 5) is 0. The molecule has 0 radical (unpaired) electrons. The first-order valence-electron chi connectivity index (χ1n) is 7.37. The molecule has 0 spiro atoms. The number of furan rings is 1. The van der Waals surface area contributed by atoms with E-state index < -0.39 is 0 Å². The van der Waals surface area contributed by atoms with E-state index in [1.165, 1.54) is 5.56 Å². The summed E-state index contributed by atoms with van der Waals surface area (Å²) in [7, 11) is 0. The van der Waals surface area contributed by atoms with Gasteiger partial charge in [0, 0.05) is 5.39 Å². The minimum Gasteiger partial charge on any atom is -0.460 e. The molecule has 0 unspecified atom stereocenters. The van der Waals surface area contributed by atoms with Crippen molar-refractivity contribution in [1.82, 2.24) is 9.78 Å². The van der Waals surface area contributed by atoms with Crippen molar-refractivity contribution >= 4 is 10.9 Å². The van der Waals surface area contributed by atoms with E-state index in [9.17, 15) is 0 Å². The van der Waals surface area contributed by atoms with Crippen molar-refractivity contribution in [2.24, 2.45) is 0 Å². The number of para-hydroxylation sites is 1. The first kappa shape index (κ1) is 12.9. The average molecular weight is 288 g/mol. The van der Waals surface area contributed by atoms with Crippen LogP contribution in [0.2, 0.25) is 0 Å². The molecule has 0 bridgehead atoms. The number of nitrogens with zero attached hydrogens (tertiary/aromatic N) is 2. The minimum atomic E-state index is 0.751. The van der Waals surface area contributed by atoms with Crippen LogP contribution in [0.25, 0.3) is 22.4 Å². The Hall–Kier alpha value is -2.81. The molecule has 4 aromatic rings. The number of fused-ring (bicyclic) bond motifs is 1. The van der Waals surface area contributed by atoms with Crippen LogP contribution in [0.3, 0.4) is 0 Å². The van der Waals surface area contributed by atoms with Crippen LogP contribution in [0.15, 0.2) is 71.1 Å². The van der Waals surface area contributed by atoms with Crippen LogP contribution in [0, 0.1) is 6.92 Å². The lowest BCUT2D eigenvalue weighted by atomic mass is 10.2. The maximum atomic E-state index is 5.77. The van der Waals surface area contributed by atoms with Crippen molar-refractivity contribution in [3.63, 3.8) is 0 Å². The molecule has 3 nitrogen and oxygen atoms in total. The highest BCUT2D eigenvalue weighted by molar-refractivity contribution is 5.92. The molecule has 0 saturated heterocycles. The number of hydrogen-bond donors (Lipinski definition) is 0. The third kappa shape index (κ3) is 2.21. The molecule has 2 aromatic heterocycles. The third-order valence-electron chi connectivity index (χ3n) is 3.81. The van der Waals surface area contributed by atoms with Gasteiger partial charge in [-0.3, -0.25) is 4.68 Å². The van der Waals surface area contributed by atoms with Gasteiger partial charge in [-0.05, 0) is 30.7 Å². The van der Waals surface area contributed by atoms with Gasteiger partial charge in [0.25, 0.3) is 0 Å². The second-order valence-electron chi connectivity index (χ2n) is 5.42. The Morgan fingerprint density at radius 1 is 0.909 bits per heavy atom. The molecule has 2 aromatic carbocycles. The second-order valence-corrected chi connectivity index (χ2v) is 5.42. The zero-order chi connectivity index (χ0) is 14.9. The fourth-order valence-electron chi connectivity index (χ4n) is 2.75. The minimum absolute atomic E-state index is 0.751. The molecule has 22 heavy (non-hydrogen) atoms. The molecule has 0 amide bonds. The van der Waals surface area contributed by atoms with Gasteiger partial charge in [0.1, 0.15) is 11.5 Å². The Balaban J connectivity index is 1.86. The maximum Gasteiger partial charge on any atom is 0.155 e. The van der Waals surface area contributed by atoms with Crippen molar-refractivity contribution in [3.8, 4) is 11.5 Å². The van der Waals surface area contributed by atoms with E-state index in [0.29, 0.717) is 0 Å². The summed E-state index contributed by atoms with van der Waals surface area (Å²) < 4.78 is 7.80. The van der Waals surface area contributed by atoms with Gasteiger partial charge in [0.15, 0.2) is 5.76 Å². The average Bonchev–Trinajstić information content (AvgIpc) is 3.13. The quantitative estimate of drug-likeness (QED) is 0.549. The molecule has 0 aliphatic heterocycles. The number of benzene rings is 2. The Morgan fingerprint density at radius 3 is 2.45 bits per heavy atom. The topological polar surface area (TPSA) is 31.0 Å². The van der Waals surface area contributed by atoms with E-state index in [1.54, 1.807) is 0 Å². The first-order valence-corrected chi connectivity index (χ1v) is 7.37. The highest BCUT2D eigenvalue weighted by Gasteiger charge is 2.14. The zero-order valence-electron chi connectivity index (χ0n) is 12.4. The summed E-state index contributed by atoms with van der Waals surface area (Å²) in [5.41, 5.74) is 3.26. The molecule has 0 aliphatic rings. The predicted octanol–water partition coefficient (Wildman–Crippen LogP) is 4.65. The smallest absolute Gasteiger partial charge is 0.155 e. The van der Waals surface area contributed by atoms with Crippen molar-refractivity contribution in [2.45, 2.75) is 13.5 Å². The van der Waals surface area contributed by atoms with Crippen LogP contribution < -0.4 is 0 Å². The monoisotopic (exact) mass is 288 g/mol. The summed E-state index contributed by atoms with van der Waals surface area (Å²) in [6, 6.07) is 22.6. The molecule has 4 rings (SSSR count). The fourth-order valence-corrected chi connectivity index (χ4v) is 2.75. The summed E-state index contributed by atoms with van der Waals surface area (Å²) in [5.74, 6) is 1.72. The Kier molecular flexibility index (Phi) is 3.04. The molecular weight excluding hydrogens is 272 g/mol. The second kappa shape index (κ2) is 5.19. The van der Waals surface area contributed by atoms with Gasteiger partial charge in [-0.1, -0.05) is 48.5 Å². The van der Waals surface area contributed by atoms with Crippen LogP contribution in [0.1, 0.15) is 11.3 Å². The summed E-state index contributed by atoms with van der Waals surface area (Å²) in [5, 5.41) is 5.91. The predicted molar refractivity (Wildman–Crippen MR) is 87.7 cm³/mol. The molecule has 108 valence electrons. The van der Waals surface area contributed by atoms with Crippen LogP contribution in [0.4, 0.5) is 0 Å². The van der Waals surface area contributed by atoms with Gasteiger partial charge in [-0.25, -0.2) is 0 Å². The van der Waals surface area contributed by atoms with Gasteiger partial charge in [0.2, 0.25) is 0 Å². The molecule has 0 atom stereocenters. The highest BCUT2D eigenvalue weighted by atomic mass is 16.3. The van der Waals surface area contributed by atoms with Gasteiger partial charge in [-0.2, -0.15) is 5.10 Å². The third-order valence-corrected chi connectivity index (χ3v) is 3.81. The Morgan fingerprint density at radius 2 is 1.68 bits per heavy atom. The van der Waals surface area contributed by atoms with Gasteiger partial charge in [0.05, 0.1) is 12.1 Å². The zero-order valence-corrected chi connectivity index (χ0v) is 12.4. The number of hydrogen-bond acceptors (Lipinski definition) is 2. The van der Waals surface area contributed by atoms with E-state index >= 15 is 0 Å². The standard InChI is InChI=1S/C19H16N2O/c1-14-11-12-18(22-14)19-16-9-5-6-10-17(16)21(20-19)13-15-7-3-2-4-8-15/h2-12H,13H2,1H3. The SMILES string of the molecule is Cc1ccc(-c2nn(Cc3ccccc3)c3ccccc23)o1. The lowest BCUT2D eigenvalue weighted by Gasteiger charge is -2.03. The molecule has 0 aliphatic carbocycles. The van der Waals surface area contributed by atoms with Crippen LogP contribution in [0.5, 0.6) is 0 Å². The van der Waals surface area contributed by atoms with Crippen LogP contribution >= 0.6 is 0 Å². The molecule has 3 heteroatoms. The Labute approximate surface area is 128 Å². The van der Waals surface area contributed by atoms with Crippen LogP contribution in [-0.4, -0.2) is 9.78 Å². The van der Waals surface area contributed by atoms with Gasteiger partial charge < -0.3 is 4.42 Å². The number of aryl methyl sites for hydroxylation is 1. The largest absolute Gasteiger partial charge is 0.460 e. The van der Waals surface area contributed by atoms with E-state index in [-0.39, 0.29) is 0 Å². The fraction of sp³-hybridized carbons (Fsp3) is 0.105. The van der Waals surface area contributed by atoms with Gasteiger partial charge in [-0.15, -0.1) is 0 Å².